The zero-order valence-corrected chi connectivity index (χ0v) is 14.9. The fourth-order valence-electron chi connectivity index (χ4n) is 2.54. The van der Waals surface area contributed by atoms with E-state index >= 15 is 0 Å². The number of para-hydroxylation sites is 1. The second-order valence-electron chi connectivity index (χ2n) is 5.93. The number of aryl methyl sites for hydroxylation is 1. The lowest BCUT2D eigenvalue weighted by atomic mass is 10.1. The molecule has 3 aromatic rings. The Bertz CT molecular complexity index is 905. The van der Waals surface area contributed by atoms with Crippen molar-refractivity contribution in [2.75, 3.05) is 5.32 Å². The van der Waals surface area contributed by atoms with Crippen LogP contribution in [-0.2, 0) is 4.79 Å². The number of thiazole rings is 1. The minimum absolute atomic E-state index is 0.169. The molecule has 0 spiro atoms. The van der Waals surface area contributed by atoms with Crippen molar-refractivity contribution in [1.82, 2.24) is 10.3 Å². The predicted molar refractivity (Wildman–Crippen MR) is 101 cm³/mol. The van der Waals surface area contributed by atoms with Gasteiger partial charge < -0.3 is 10.6 Å². The van der Waals surface area contributed by atoms with Crippen molar-refractivity contribution in [2.45, 2.75) is 26.3 Å². The van der Waals surface area contributed by atoms with Crippen LogP contribution in [0.5, 0.6) is 0 Å². The minimum atomic E-state index is -0.274. The zero-order valence-electron chi connectivity index (χ0n) is 14.1. The van der Waals surface area contributed by atoms with Gasteiger partial charge in [0.15, 0.2) is 5.13 Å². The second-order valence-corrected chi connectivity index (χ2v) is 6.96. The van der Waals surface area contributed by atoms with Crippen molar-refractivity contribution in [1.29, 1.82) is 0 Å². The molecular weight excluding hydrogens is 334 g/mol. The van der Waals surface area contributed by atoms with E-state index in [1.54, 1.807) is 24.3 Å². The van der Waals surface area contributed by atoms with E-state index in [1.807, 2.05) is 38.1 Å². The van der Waals surface area contributed by atoms with E-state index in [1.165, 1.54) is 11.3 Å². The van der Waals surface area contributed by atoms with Crippen LogP contribution in [0.1, 0.15) is 29.3 Å². The maximum atomic E-state index is 12.2. The topological polar surface area (TPSA) is 71.1 Å². The third-order valence-electron chi connectivity index (χ3n) is 3.77. The normalized spacial score (nSPS) is 11.9. The van der Waals surface area contributed by atoms with Crippen molar-refractivity contribution >= 4 is 38.5 Å². The summed E-state index contributed by atoms with van der Waals surface area (Å²) in [6.07, 6.45) is 0.188. The van der Waals surface area contributed by atoms with Crippen LogP contribution >= 0.6 is 11.3 Å². The van der Waals surface area contributed by atoms with Crippen LogP contribution < -0.4 is 10.6 Å². The molecule has 3 rings (SSSR count). The molecule has 2 aromatic carbocycles. The number of amides is 2. The highest BCUT2D eigenvalue weighted by atomic mass is 32.1. The summed E-state index contributed by atoms with van der Waals surface area (Å²) in [5, 5.41) is 6.23. The first kappa shape index (κ1) is 17.1. The van der Waals surface area contributed by atoms with Gasteiger partial charge in [-0.15, -0.1) is 0 Å². The Balaban J connectivity index is 1.58. The van der Waals surface area contributed by atoms with Gasteiger partial charge in [-0.25, -0.2) is 4.98 Å². The van der Waals surface area contributed by atoms with Crippen LogP contribution in [0.4, 0.5) is 5.13 Å². The van der Waals surface area contributed by atoms with Crippen molar-refractivity contribution in [3.63, 3.8) is 0 Å². The van der Waals surface area contributed by atoms with Crippen molar-refractivity contribution < 1.29 is 9.59 Å². The van der Waals surface area contributed by atoms with Crippen LogP contribution in [0, 0.1) is 6.92 Å². The van der Waals surface area contributed by atoms with Crippen LogP contribution in [0.25, 0.3) is 10.2 Å². The van der Waals surface area contributed by atoms with Gasteiger partial charge in [0.25, 0.3) is 5.91 Å². The number of nitrogens with one attached hydrogen (secondary N) is 2. The molecule has 2 N–H and O–H groups in total. The number of carbonyl (C=O) groups is 2. The van der Waals surface area contributed by atoms with Gasteiger partial charge in [0.05, 0.1) is 10.2 Å². The summed E-state index contributed by atoms with van der Waals surface area (Å²) < 4.78 is 1.04. The van der Waals surface area contributed by atoms with Gasteiger partial charge in [0.1, 0.15) is 0 Å². The highest BCUT2D eigenvalue weighted by Gasteiger charge is 2.15. The predicted octanol–water partition coefficient (Wildman–Crippen LogP) is 3.75. The fraction of sp³-hybridized carbons (Fsp3) is 0.211. The Labute approximate surface area is 150 Å². The third kappa shape index (κ3) is 4.22. The Hall–Kier alpha value is -2.73. The maximum Gasteiger partial charge on any atom is 0.251 e. The number of hydrogen-bond acceptors (Lipinski definition) is 4. The smallest absolute Gasteiger partial charge is 0.251 e. The Kier molecular flexibility index (Phi) is 5.09. The van der Waals surface area contributed by atoms with Crippen LogP contribution in [-0.4, -0.2) is 22.8 Å². The average molecular weight is 353 g/mol. The number of benzene rings is 2. The second kappa shape index (κ2) is 7.44. The van der Waals surface area contributed by atoms with Crippen molar-refractivity contribution in [3.8, 4) is 0 Å². The van der Waals surface area contributed by atoms with E-state index in [0.717, 1.165) is 15.8 Å². The standard InChI is InChI=1S/C19H19N3O2S/c1-12-7-6-10-15-17(12)22-19(25-15)21-16(23)11-13(2)20-18(24)14-8-4-3-5-9-14/h3-10,13H,11H2,1-2H3,(H,20,24)(H,21,22,23). The number of carbonyl (C=O) groups excluding carboxylic acids is 2. The minimum Gasteiger partial charge on any atom is -0.349 e. The summed E-state index contributed by atoms with van der Waals surface area (Å²) in [4.78, 5) is 28.8. The SMILES string of the molecule is Cc1cccc2sc(NC(=O)CC(C)NC(=O)c3ccccc3)nc12. The van der Waals surface area contributed by atoms with Gasteiger partial charge in [-0.05, 0) is 37.6 Å². The van der Waals surface area contributed by atoms with E-state index < -0.39 is 0 Å². The quantitative estimate of drug-likeness (QED) is 0.734. The van der Waals surface area contributed by atoms with Gasteiger partial charge >= 0.3 is 0 Å². The molecule has 1 atom stereocenters. The summed E-state index contributed by atoms with van der Waals surface area (Å²) in [7, 11) is 0. The molecule has 0 aliphatic heterocycles. The zero-order chi connectivity index (χ0) is 17.8. The molecule has 1 aromatic heterocycles. The lowest BCUT2D eigenvalue weighted by Gasteiger charge is -2.13. The summed E-state index contributed by atoms with van der Waals surface area (Å²) in [6.45, 7) is 3.80. The molecule has 0 saturated heterocycles. The first-order chi connectivity index (χ1) is 12.0. The molecule has 0 aliphatic rings. The first-order valence-corrected chi connectivity index (χ1v) is 8.86. The van der Waals surface area contributed by atoms with Gasteiger partial charge in [-0.2, -0.15) is 0 Å². The van der Waals surface area contributed by atoms with E-state index in [-0.39, 0.29) is 24.3 Å². The molecule has 0 saturated carbocycles. The van der Waals surface area contributed by atoms with Gasteiger partial charge in [0.2, 0.25) is 5.91 Å². The lowest BCUT2D eigenvalue weighted by molar-refractivity contribution is -0.116. The van der Waals surface area contributed by atoms with Gasteiger partial charge in [0, 0.05) is 18.0 Å². The summed E-state index contributed by atoms with van der Waals surface area (Å²) in [5.41, 5.74) is 2.57. The number of fused-ring (bicyclic) bond motifs is 1. The number of hydrogen-bond donors (Lipinski definition) is 2. The van der Waals surface area contributed by atoms with Crippen molar-refractivity contribution in [2.24, 2.45) is 0 Å². The van der Waals surface area contributed by atoms with Crippen LogP contribution in [0.3, 0.4) is 0 Å². The first-order valence-electron chi connectivity index (χ1n) is 8.05. The monoisotopic (exact) mass is 353 g/mol. The highest BCUT2D eigenvalue weighted by molar-refractivity contribution is 7.22. The van der Waals surface area contributed by atoms with E-state index in [2.05, 4.69) is 15.6 Å². The van der Waals surface area contributed by atoms with Gasteiger partial charge in [-0.1, -0.05) is 41.7 Å². The number of rotatable bonds is 5. The number of anilines is 1. The number of aromatic nitrogens is 1. The van der Waals surface area contributed by atoms with E-state index in [4.69, 9.17) is 0 Å². The molecule has 2 amide bonds. The maximum absolute atomic E-state index is 12.2. The van der Waals surface area contributed by atoms with Gasteiger partial charge in [-0.3, -0.25) is 9.59 Å². The van der Waals surface area contributed by atoms with Crippen molar-refractivity contribution in [3.05, 3.63) is 59.7 Å². The molecule has 0 bridgehead atoms. The highest BCUT2D eigenvalue weighted by Crippen LogP contribution is 2.27. The Morgan fingerprint density at radius 3 is 2.60 bits per heavy atom. The van der Waals surface area contributed by atoms with E-state index in [9.17, 15) is 9.59 Å². The molecule has 1 heterocycles. The molecule has 0 fully saturated rings. The fourth-order valence-corrected chi connectivity index (χ4v) is 3.50. The van der Waals surface area contributed by atoms with Crippen LogP contribution in [0.2, 0.25) is 0 Å². The molecule has 25 heavy (non-hydrogen) atoms. The lowest BCUT2D eigenvalue weighted by Crippen LogP contribution is -2.35. The third-order valence-corrected chi connectivity index (χ3v) is 4.71. The summed E-state index contributed by atoms with van der Waals surface area (Å²) in [6, 6.07) is 14.6. The molecule has 128 valence electrons. The summed E-state index contributed by atoms with van der Waals surface area (Å²) >= 11 is 1.45. The molecule has 1 unspecified atom stereocenters. The Morgan fingerprint density at radius 2 is 1.88 bits per heavy atom. The molecule has 6 heteroatoms. The van der Waals surface area contributed by atoms with E-state index in [0.29, 0.717) is 10.7 Å². The Morgan fingerprint density at radius 1 is 1.12 bits per heavy atom. The largest absolute Gasteiger partial charge is 0.349 e. The number of nitrogens with zero attached hydrogens (tertiary/aromatic N) is 1. The molecule has 0 aliphatic carbocycles. The van der Waals surface area contributed by atoms with Crippen LogP contribution in [0.15, 0.2) is 48.5 Å². The average Bonchev–Trinajstić information content (AvgIpc) is 2.99. The summed E-state index contributed by atoms with van der Waals surface area (Å²) in [5.74, 6) is -0.353. The molecule has 0 radical (unpaired) electrons. The molecule has 5 nitrogen and oxygen atoms in total. The molecular formula is C19H19N3O2S.